The second kappa shape index (κ2) is 8.04. The Balaban J connectivity index is 2.02. The molecule has 1 amide bonds. The molecule has 1 aliphatic rings. The number of methoxy groups -OCH3 is 1. The van der Waals surface area contributed by atoms with Gasteiger partial charge in [0.1, 0.15) is 5.75 Å². The first-order valence-corrected chi connectivity index (χ1v) is 8.24. The number of ether oxygens (including phenoxy) is 1. The maximum Gasteiger partial charge on any atom is 0.216 e. The van der Waals surface area contributed by atoms with Crippen molar-refractivity contribution in [3.63, 3.8) is 0 Å². The van der Waals surface area contributed by atoms with Gasteiger partial charge in [-0.05, 0) is 37.4 Å². The summed E-state index contributed by atoms with van der Waals surface area (Å²) in [6.45, 7) is 5.02. The smallest absolute Gasteiger partial charge is 0.216 e. The third kappa shape index (κ3) is 4.77. The molecule has 1 aromatic carbocycles. The minimum atomic E-state index is 0.0282. The van der Waals surface area contributed by atoms with Crippen LogP contribution < -0.4 is 10.1 Å². The van der Waals surface area contributed by atoms with Gasteiger partial charge in [0.05, 0.1) is 12.1 Å². The number of carbonyl (C=O) groups excluding carboxylic acids is 1. The van der Waals surface area contributed by atoms with Crippen LogP contribution in [0.25, 0.3) is 0 Å². The molecule has 2 rings (SSSR count). The summed E-state index contributed by atoms with van der Waals surface area (Å²) in [6, 6.07) is 3.60. The molecule has 0 bridgehead atoms. The van der Waals surface area contributed by atoms with Crippen LogP contribution in [0, 0.1) is 5.92 Å². The number of piperidine rings is 1. The lowest BCUT2D eigenvalue weighted by atomic mass is 9.97. The molecular weight excluding hydrogens is 323 g/mol. The first-order chi connectivity index (χ1) is 10.5. The lowest BCUT2D eigenvalue weighted by Crippen LogP contribution is -2.40. The van der Waals surface area contributed by atoms with Crippen LogP contribution in [-0.2, 0) is 11.3 Å². The van der Waals surface area contributed by atoms with E-state index in [1.807, 2.05) is 6.07 Å². The van der Waals surface area contributed by atoms with Crippen molar-refractivity contribution in [2.45, 2.75) is 26.3 Å². The molecule has 1 atom stereocenters. The highest BCUT2D eigenvalue weighted by atomic mass is 35.5. The van der Waals surface area contributed by atoms with E-state index < -0.39 is 0 Å². The van der Waals surface area contributed by atoms with Gasteiger partial charge in [0.2, 0.25) is 5.91 Å². The Morgan fingerprint density at radius 3 is 2.91 bits per heavy atom. The van der Waals surface area contributed by atoms with Gasteiger partial charge in [-0.15, -0.1) is 0 Å². The molecule has 1 aromatic rings. The number of nitrogens with zero attached hydrogens (tertiary/aromatic N) is 1. The number of hydrogen-bond donors (Lipinski definition) is 1. The third-order valence-corrected chi connectivity index (χ3v) is 4.43. The van der Waals surface area contributed by atoms with Gasteiger partial charge in [0, 0.05) is 37.1 Å². The van der Waals surface area contributed by atoms with E-state index in [-0.39, 0.29) is 5.91 Å². The number of carbonyl (C=O) groups is 1. The number of likely N-dealkylation sites (tertiary alicyclic amines) is 1. The van der Waals surface area contributed by atoms with Crippen LogP contribution >= 0.6 is 23.2 Å². The van der Waals surface area contributed by atoms with Crippen LogP contribution in [0.15, 0.2) is 12.1 Å². The van der Waals surface area contributed by atoms with Crippen molar-refractivity contribution in [2.75, 3.05) is 26.7 Å². The number of nitrogens with one attached hydrogen (secondary N) is 1. The summed E-state index contributed by atoms with van der Waals surface area (Å²) in [4.78, 5) is 13.4. The number of amides is 1. The number of benzene rings is 1. The molecular formula is C16H22Cl2N2O2. The topological polar surface area (TPSA) is 41.6 Å². The first-order valence-electron chi connectivity index (χ1n) is 7.48. The SMILES string of the molecule is COc1c(Cl)cc(Cl)cc1CN1CCCC(CNC(C)=O)C1. The summed E-state index contributed by atoms with van der Waals surface area (Å²) in [6.07, 6.45) is 2.27. The van der Waals surface area contributed by atoms with Crippen molar-refractivity contribution in [1.29, 1.82) is 0 Å². The predicted molar refractivity (Wildman–Crippen MR) is 89.7 cm³/mol. The molecule has 1 fully saturated rings. The highest BCUT2D eigenvalue weighted by Crippen LogP contribution is 2.33. The Bertz CT molecular complexity index is 537. The zero-order valence-corrected chi connectivity index (χ0v) is 14.5. The fraction of sp³-hybridized carbons (Fsp3) is 0.562. The lowest BCUT2D eigenvalue weighted by Gasteiger charge is -2.33. The fourth-order valence-electron chi connectivity index (χ4n) is 2.95. The van der Waals surface area contributed by atoms with Crippen LogP contribution in [0.1, 0.15) is 25.3 Å². The Labute approximate surface area is 141 Å². The summed E-state index contributed by atoms with van der Waals surface area (Å²) in [7, 11) is 1.62. The molecule has 0 radical (unpaired) electrons. The van der Waals surface area contributed by atoms with Crippen molar-refractivity contribution in [1.82, 2.24) is 10.2 Å². The zero-order chi connectivity index (χ0) is 16.1. The second-order valence-electron chi connectivity index (χ2n) is 5.76. The second-order valence-corrected chi connectivity index (χ2v) is 6.60. The summed E-state index contributed by atoms with van der Waals surface area (Å²) >= 11 is 12.3. The Morgan fingerprint density at radius 1 is 1.45 bits per heavy atom. The standard InChI is InChI=1S/C16H22Cl2N2O2/c1-11(21)19-8-12-4-3-5-20(9-12)10-13-6-14(17)7-15(18)16(13)22-2/h6-7,12H,3-5,8-10H2,1-2H3,(H,19,21). The molecule has 1 saturated heterocycles. The molecule has 1 heterocycles. The van der Waals surface area contributed by atoms with Crippen LogP contribution in [0.3, 0.4) is 0 Å². The normalized spacial score (nSPS) is 19.0. The minimum absolute atomic E-state index is 0.0282. The zero-order valence-electron chi connectivity index (χ0n) is 13.0. The van der Waals surface area contributed by atoms with Gasteiger partial charge in [-0.3, -0.25) is 9.69 Å². The van der Waals surface area contributed by atoms with Crippen LogP contribution in [-0.4, -0.2) is 37.6 Å². The predicted octanol–water partition coefficient (Wildman–Crippen LogP) is 3.35. The molecule has 1 N–H and O–H groups in total. The molecule has 4 nitrogen and oxygen atoms in total. The maximum absolute atomic E-state index is 11.0. The van der Waals surface area contributed by atoms with E-state index in [1.54, 1.807) is 20.1 Å². The van der Waals surface area contributed by atoms with Gasteiger partial charge in [0.15, 0.2) is 0 Å². The number of halogens is 2. The van der Waals surface area contributed by atoms with E-state index in [0.29, 0.717) is 21.7 Å². The van der Waals surface area contributed by atoms with Crippen molar-refractivity contribution >= 4 is 29.1 Å². The summed E-state index contributed by atoms with van der Waals surface area (Å²) < 4.78 is 5.40. The largest absolute Gasteiger partial charge is 0.495 e. The Kier molecular flexibility index (Phi) is 6.36. The van der Waals surface area contributed by atoms with Crippen LogP contribution in [0.2, 0.25) is 10.0 Å². The molecule has 1 aliphatic heterocycles. The van der Waals surface area contributed by atoms with E-state index in [9.17, 15) is 4.79 Å². The highest BCUT2D eigenvalue weighted by Gasteiger charge is 2.21. The van der Waals surface area contributed by atoms with Crippen LogP contribution in [0.5, 0.6) is 5.75 Å². The van der Waals surface area contributed by atoms with Gasteiger partial charge in [-0.1, -0.05) is 23.2 Å². The van der Waals surface area contributed by atoms with Gasteiger partial charge in [0.25, 0.3) is 0 Å². The Morgan fingerprint density at radius 2 is 2.23 bits per heavy atom. The lowest BCUT2D eigenvalue weighted by molar-refractivity contribution is -0.119. The molecule has 22 heavy (non-hydrogen) atoms. The highest BCUT2D eigenvalue weighted by molar-refractivity contribution is 6.35. The van der Waals surface area contributed by atoms with Crippen molar-refractivity contribution < 1.29 is 9.53 Å². The molecule has 0 aliphatic carbocycles. The average Bonchev–Trinajstić information content (AvgIpc) is 2.45. The Hall–Kier alpha value is -0.970. The average molecular weight is 345 g/mol. The summed E-state index contributed by atoms with van der Waals surface area (Å²) in [5.74, 6) is 1.20. The van der Waals surface area contributed by atoms with E-state index in [1.165, 1.54) is 0 Å². The van der Waals surface area contributed by atoms with E-state index in [4.69, 9.17) is 27.9 Å². The van der Waals surface area contributed by atoms with E-state index in [2.05, 4.69) is 10.2 Å². The molecule has 6 heteroatoms. The fourth-order valence-corrected chi connectivity index (χ4v) is 3.56. The molecule has 0 aromatic heterocycles. The molecule has 0 spiro atoms. The van der Waals surface area contributed by atoms with Crippen molar-refractivity contribution in [3.05, 3.63) is 27.7 Å². The first kappa shape index (κ1) is 17.4. The molecule has 122 valence electrons. The van der Waals surface area contributed by atoms with Gasteiger partial charge >= 0.3 is 0 Å². The monoisotopic (exact) mass is 344 g/mol. The summed E-state index contributed by atoms with van der Waals surface area (Å²) in [5.41, 5.74) is 1.00. The summed E-state index contributed by atoms with van der Waals surface area (Å²) in [5, 5.41) is 4.06. The quantitative estimate of drug-likeness (QED) is 0.890. The van der Waals surface area contributed by atoms with E-state index in [0.717, 1.165) is 44.6 Å². The maximum atomic E-state index is 11.0. The molecule has 0 saturated carbocycles. The van der Waals surface area contributed by atoms with Crippen molar-refractivity contribution in [3.8, 4) is 5.75 Å². The van der Waals surface area contributed by atoms with E-state index >= 15 is 0 Å². The van der Waals surface area contributed by atoms with Crippen LogP contribution in [0.4, 0.5) is 0 Å². The van der Waals surface area contributed by atoms with Gasteiger partial charge in [-0.2, -0.15) is 0 Å². The van der Waals surface area contributed by atoms with Gasteiger partial charge in [-0.25, -0.2) is 0 Å². The van der Waals surface area contributed by atoms with Crippen molar-refractivity contribution in [2.24, 2.45) is 5.92 Å². The minimum Gasteiger partial charge on any atom is -0.495 e. The molecule has 1 unspecified atom stereocenters. The van der Waals surface area contributed by atoms with Gasteiger partial charge < -0.3 is 10.1 Å². The number of rotatable bonds is 5. The number of hydrogen-bond acceptors (Lipinski definition) is 3. The third-order valence-electron chi connectivity index (χ3n) is 3.93.